The molecule has 0 radical (unpaired) electrons. The Morgan fingerprint density at radius 3 is 2.32 bits per heavy atom. The molecule has 2 atom stereocenters. The third-order valence-corrected chi connectivity index (χ3v) is 3.64. The molecule has 4 nitrogen and oxygen atoms in total. The Bertz CT molecular complexity index is 405. The van der Waals surface area contributed by atoms with Crippen LogP contribution in [-0.4, -0.2) is 12.0 Å². The molecule has 1 aliphatic carbocycles. The van der Waals surface area contributed by atoms with Gasteiger partial charge >= 0.3 is 0 Å². The molecular weight excluding hydrogens is 236 g/mol. The summed E-state index contributed by atoms with van der Waals surface area (Å²) in [6.45, 7) is 4.61. The van der Waals surface area contributed by atoms with E-state index in [1.807, 2.05) is 30.3 Å². The Labute approximate surface area is 115 Å². The zero-order valence-corrected chi connectivity index (χ0v) is 11.8. The number of hydrogen-bond acceptors (Lipinski definition) is 2. The molecule has 19 heavy (non-hydrogen) atoms. The number of nitrogens with one attached hydrogen (secondary N) is 2. The van der Waals surface area contributed by atoms with Gasteiger partial charge in [0.1, 0.15) is 0 Å². The number of anilines is 1. The molecular formula is C15H24N4. The van der Waals surface area contributed by atoms with E-state index in [-0.39, 0.29) is 0 Å². The zero-order valence-electron chi connectivity index (χ0n) is 11.8. The minimum atomic E-state index is 0.362. The van der Waals surface area contributed by atoms with Gasteiger partial charge in [0.05, 0.1) is 6.04 Å². The van der Waals surface area contributed by atoms with E-state index in [2.05, 4.69) is 24.6 Å². The van der Waals surface area contributed by atoms with E-state index in [0.717, 1.165) is 30.4 Å². The summed E-state index contributed by atoms with van der Waals surface area (Å²) in [5.74, 6) is 7.70. The van der Waals surface area contributed by atoms with E-state index < -0.39 is 0 Å². The molecule has 1 aromatic carbocycles. The largest absolute Gasteiger partial charge is 0.325 e. The van der Waals surface area contributed by atoms with Gasteiger partial charge in [0, 0.05) is 5.69 Å². The quantitative estimate of drug-likeness (QED) is 0.331. The van der Waals surface area contributed by atoms with Crippen molar-refractivity contribution in [2.75, 3.05) is 5.32 Å². The lowest BCUT2D eigenvalue weighted by Gasteiger charge is -2.29. The SMILES string of the molecule is CC1CC(C)CC(N=C(NN)Nc2ccccc2)C1. The number of benzene rings is 1. The van der Waals surface area contributed by atoms with E-state index in [4.69, 9.17) is 10.8 Å². The van der Waals surface area contributed by atoms with Crippen molar-refractivity contribution in [3.05, 3.63) is 30.3 Å². The summed E-state index contributed by atoms with van der Waals surface area (Å²) >= 11 is 0. The highest BCUT2D eigenvalue weighted by Gasteiger charge is 2.23. The lowest BCUT2D eigenvalue weighted by Crippen LogP contribution is -2.38. The first kappa shape index (κ1) is 13.9. The van der Waals surface area contributed by atoms with Crippen molar-refractivity contribution in [1.82, 2.24) is 5.43 Å². The normalized spacial score (nSPS) is 27.9. The standard InChI is InChI=1S/C15H24N4/c1-11-8-12(2)10-14(9-11)18-15(19-16)17-13-6-4-3-5-7-13/h3-7,11-12,14H,8-10,16H2,1-2H3,(H2,17,18,19). The molecule has 0 aliphatic heterocycles. The first-order chi connectivity index (χ1) is 9.17. The van der Waals surface area contributed by atoms with Gasteiger partial charge in [-0.1, -0.05) is 32.0 Å². The van der Waals surface area contributed by atoms with Crippen molar-refractivity contribution in [3.8, 4) is 0 Å². The highest BCUT2D eigenvalue weighted by Crippen LogP contribution is 2.30. The molecule has 0 heterocycles. The first-order valence-electron chi connectivity index (χ1n) is 7.04. The maximum atomic E-state index is 5.56. The van der Waals surface area contributed by atoms with Crippen LogP contribution in [-0.2, 0) is 0 Å². The van der Waals surface area contributed by atoms with Crippen LogP contribution in [0.4, 0.5) is 5.69 Å². The summed E-state index contributed by atoms with van der Waals surface area (Å²) in [5.41, 5.74) is 3.66. The van der Waals surface area contributed by atoms with Gasteiger partial charge in [-0.3, -0.25) is 5.43 Å². The molecule has 0 saturated heterocycles. The van der Waals surface area contributed by atoms with Gasteiger partial charge in [-0.2, -0.15) is 0 Å². The molecule has 2 unspecified atom stereocenters. The number of nitrogens with two attached hydrogens (primary N) is 1. The Balaban J connectivity index is 2.02. The second-order valence-electron chi connectivity index (χ2n) is 5.68. The first-order valence-corrected chi connectivity index (χ1v) is 7.04. The van der Waals surface area contributed by atoms with Crippen molar-refractivity contribution < 1.29 is 0 Å². The molecule has 0 amide bonds. The summed E-state index contributed by atoms with van der Waals surface area (Å²) in [7, 11) is 0. The van der Waals surface area contributed by atoms with Crippen LogP contribution >= 0.6 is 0 Å². The van der Waals surface area contributed by atoms with Crippen molar-refractivity contribution in [2.24, 2.45) is 22.7 Å². The molecule has 0 spiro atoms. The lowest BCUT2D eigenvalue weighted by molar-refractivity contribution is 0.270. The van der Waals surface area contributed by atoms with Crippen LogP contribution in [0, 0.1) is 11.8 Å². The van der Waals surface area contributed by atoms with Crippen molar-refractivity contribution >= 4 is 11.6 Å². The van der Waals surface area contributed by atoms with E-state index >= 15 is 0 Å². The molecule has 2 rings (SSSR count). The molecule has 1 aromatic rings. The van der Waals surface area contributed by atoms with Crippen LogP contribution in [0.15, 0.2) is 35.3 Å². The second kappa shape index (κ2) is 6.57. The third-order valence-electron chi connectivity index (χ3n) is 3.64. The molecule has 0 aromatic heterocycles. The smallest absolute Gasteiger partial charge is 0.210 e. The summed E-state index contributed by atoms with van der Waals surface area (Å²) < 4.78 is 0. The molecule has 4 heteroatoms. The number of aliphatic imine (C=N–C) groups is 1. The maximum absolute atomic E-state index is 5.56. The molecule has 0 bridgehead atoms. The summed E-state index contributed by atoms with van der Waals surface area (Å²) in [6.07, 6.45) is 3.60. The molecule has 4 N–H and O–H groups in total. The monoisotopic (exact) mass is 260 g/mol. The van der Waals surface area contributed by atoms with Crippen LogP contribution < -0.4 is 16.6 Å². The average Bonchev–Trinajstić information content (AvgIpc) is 2.38. The molecule has 104 valence electrons. The van der Waals surface area contributed by atoms with Crippen LogP contribution in [0.3, 0.4) is 0 Å². The fourth-order valence-electron chi connectivity index (χ4n) is 2.96. The van der Waals surface area contributed by atoms with Gasteiger partial charge in [-0.15, -0.1) is 0 Å². The summed E-state index contributed by atoms with van der Waals surface area (Å²) in [4.78, 5) is 4.72. The number of rotatable bonds is 2. The van der Waals surface area contributed by atoms with Crippen LogP contribution in [0.1, 0.15) is 33.1 Å². The maximum Gasteiger partial charge on any atom is 0.210 e. The van der Waals surface area contributed by atoms with Gasteiger partial charge in [-0.05, 0) is 43.2 Å². The van der Waals surface area contributed by atoms with Crippen LogP contribution in [0.2, 0.25) is 0 Å². The van der Waals surface area contributed by atoms with E-state index in [9.17, 15) is 0 Å². The fraction of sp³-hybridized carbons (Fsp3) is 0.533. The zero-order chi connectivity index (χ0) is 13.7. The Morgan fingerprint density at radius 2 is 1.74 bits per heavy atom. The highest BCUT2D eigenvalue weighted by atomic mass is 15.3. The van der Waals surface area contributed by atoms with Gasteiger partial charge < -0.3 is 5.32 Å². The van der Waals surface area contributed by atoms with Gasteiger partial charge in [0.15, 0.2) is 0 Å². The number of hydrazine groups is 1. The molecule has 1 saturated carbocycles. The topological polar surface area (TPSA) is 62.4 Å². The number of nitrogens with zero attached hydrogens (tertiary/aromatic N) is 1. The van der Waals surface area contributed by atoms with Crippen LogP contribution in [0.25, 0.3) is 0 Å². The minimum absolute atomic E-state index is 0.362. The van der Waals surface area contributed by atoms with Crippen molar-refractivity contribution in [2.45, 2.75) is 39.2 Å². The van der Waals surface area contributed by atoms with Crippen LogP contribution in [0.5, 0.6) is 0 Å². The Hall–Kier alpha value is -1.55. The number of guanidine groups is 1. The van der Waals surface area contributed by atoms with Crippen molar-refractivity contribution in [3.63, 3.8) is 0 Å². The van der Waals surface area contributed by atoms with Gasteiger partial charge in [0.25, 0.3) is 0 Å². The highest BCUT2D eigenvalue weighted by molar-refractivity contribution is 5.93. The summed E-state index contributed by atoms with van der Waals surface area (Å²) in [5, 5.41) is 3.22. The average molecular weight is 260 g/mol. The fourth-order valence-corrected chi connectivity index (χ4v) is 2.96. The van der Waals surface area contributed by atoms with E-state index in [1.54, 1.807) is 0 Å². The van der Waals surface area contributed by atoms with E-state index in [1.165, 1.54) is 6.42 Å². The van der Waals surface area contributed by atoms with Gasteiger partial charge in [0.2, 0.25) is 5.96 Å². The van der Waals surface area contributed by atoms with Crippen molar-refractivity contribution in [1.29, 1.82) is 0 Å². The predicted octanol–water partition coefficient (Wildman–Crippen LogP) is 2.74. The van der Waals surface area contributed by atoms with E-state index in [0.29, 0.717) is 12.0 Å². The third kappa shape index (κ3) is 4.24. The summed E-state index contributed by atoms with van der Waals surface area (Å²) in [6, 6.07) is 10.3. The Kier molecular flexibility index (Phi) is 4.80. The predicted molar refractivity (Wildman–Crippen MR) is 80.8 cm³/mol. The molecule has 1 fully saturated rings. The Morgan fingerprint density at radius 1 is 1.11 bits per heavy atom. The molecule has 1 aliphatic rings. The second-order valence-corrected chi connectivity index (χ2v) is 5.68. The van der Waals surface area contributed by atoms with Gasteiger partial charge in [-0.25, -0.2) is 10.8 Å². The minimum Gasteiger partial charge on any atom is -0.325 e. The lowest BCUT2D eigenvalue weighted by atomic mass is 9.81. The number of hydrogen-bond donors (Lipinski definition) is 3. The number of para-hydroxylation sites is 1.